The lowest BCUT2D eigenvalue weighted by Crippen LogP contribution is -2.56. The summed E-state index contributed by atoms with van der Waals surface area (Å²) in [4.78, 5) is 27.4. The molecule has 2 amide bonds. The SMILES string of the molecule is O=C(NC1CC1)[C@H]1COC2(CCCCC2)N1C(=O)c1ccccc1F. The van der Waals surface area contributed by atoms with Gasteiger partial charge < -0.3 is 10.1 Å². The average molecular weight is 346 g/mol. The van der Waals surface area contributed by atoms with Gasteiger partial charge in [-0.2, -0.15) is 0 Å². The van der Waals surface area contributed by atoms with Crippen molar-refractivity contribution in [3.63, 3.8) is 0 Å². The van der Waals surface area contributed by atoms with Gasteiger partial charge in [-0.3, -0.25) is 14.5 Å². The van der Waals surface area contributed by atoms with E-state index in [-0.39, 0.29) is 24.1 Å². The second-order valence-electron chi connectivity index (χ2n) is 7.27. The van der Waals surface area contributed by atoms with Gasteiger partial charge in [0.25, 0.3) is 5.91 Å². The molecule has 3 fully saturated rings. The number of ether oxygens (including phenoxy) is 1. The second-order valence-corrected chi connectivity index (χ2v) is 7.27. The zero-order valence-electron chi connectivity index (χ0n) is 14.2. The topological polar surface area (TPSA) is 58.6 Å². The molecule has 0 radical (unpaired) electrons. The van der Waals surface area contributed by atoms with Gasteiger partial charge in [0.1, 0.15) is 17.6 Å². The number of benzene rings is 1. The summed E-state index contributed by atoms with van der Waals surface area (Å²) in [6.45, 7) is 0.179. The molecule has 4 rings (SSSR count). The van der Waals surface area contributed by atoms with Crippen LogP contribution in [0.15, 0.2) is 24.3 Å². The van der Waals surface area contributed by atoms with E-state index in [0.29, 0.717) is 12.8 Å². The summed E-state index contributed by atoms with van der Waals surface area (Å²) in [5.74, 6) is -1.20. The van der Waals surface area contributed by atoms with Crippen LogP contribution in [0.3, 0.4) is 0 Å². The molecule has 1 atom stereocenters. The van der Waals surface area contributed by atoms with E-state index in [1.165, 1.54) is 17.0 Å². The van der Waals surface area contributed by atoms with Gasteiger partial charge in [-0.05, 0) is 50.7 Å². The number of amides is 2. The third-order valence-corrected chi connectivity index (χ3v) is 5.44. The summed E-state index contributed by atoms with van der Waals surface area (Å²) in [5.41, 5.74) is -0.773. The molecule has 0 unspecified atom stereocenters. The highest BCUT2D eigenvalue weighted by molar-refractivity contribution is 5.98. The summed E-state index contributed by atoms with van der Waals surface area (Å²) >= 11 is 0. The Morgan fingerprint density at radius 3 is 2.56 bits per heavy atom. The zero-order chi connectivity index (χ0) is 17.4. The van der Waals surface area contributed by atoms with Gasteiger partial charge in [-0.25, -0.2) is 4.39 Å². The fourth-order valence-electron chi connectivity index (χ4n) is 3.96. The molecular formula is C19H23FN2O3. The predicted molar refractivity (Wildman–Crippen MR) is 89.3 cm³/mol. The third kappa shape index (κ3) is 3.03. The van der Waals surface area contributed by atoms with E-state index in [0.717, 1.165) is 32.1 Å². The van der Waals surface area contributed by atoms with E-state index in [1.807, 2.05) is 0 Å². The van der Waals surface area contributed by atoms with Crippen LogP contribution in [0, 0.1) is 5.82 Å². The Labute approximate surface area is 146 Å². The van der Waals surface area contributed by atoms with Gasteiger partial charge in [0.05, 0.1) is 12.2 Å². The molecule has 25 heavy (non-hydrogen) atoms. The Balaban J connectivity index is 1.66. The number of carbonyl (C=O) groups is 2. The van der Waals surface area contributed by atoms with Crippen LogP contribution < -0.4 is 5.32 Å². The molecule has 134 valence electrons. The Bertz CT molecular complexity index is 683. The number of hydrogen-bond donors (Lipinski definition) is 1. The van der Waals surface area contributed by atoms with Crippen molar-refractivity contribution in [1.29, 1.82) is 0 Å². The maximum absolute atomic E-state index is 14.2. The van der Waals surface area contributed by atoms with Crippen molar-refractivity contribution in [3.05, 3.63) is 35.6 Å². The molecule has 2 saturated carbocycles. The molecule has 5 nitrogen and oxygen atoms in total. The molecular weight excluding hydrogens is 323 g/mol. The third-order valence-electron chi connectivity index (χ3n) is 5.44. The highest BCUT2D eigenvalue weighted by atomic mass is 19.1. The van der Waals surface area contributed by atoms with E-state index in [4.69, 9.17) is 4.74 Å². The van der Waals surface area contributed by atoms with Crippen LogP contribution >= 0.6 is 0 Å². The minimum atomic E-state index is -0.775. The highest BCUT2D eigenvalue weighted by Gasteiger charge is 2.53. The van der Waals surface area contributed by atoms with Crippen molar-refractivity contribution < 1.29 is 18.7 Å². The number of carbonyl (C=O) groups excluding carboxylic acids is 2. The summed E-state index contributed by atoms with van der Waals surface area (Å²) in [5, 5.41) is 2.96. The summed E-state index contributed by atoms with van der Waals surface area (Å²) in [6, 6.07) is 5.46. The maximum atomic E-state index is 14.2. The van der Waals surface area contributed by atoms with E-state index in [9.17, 15) is 14.0 Å². The van der Waals surface area contributed by atoms with E-state index >= 15 is 0 Å². The quantitative estimate of drug-likeness (QED) is 0.915. The largest absolute Gasteiger partial charge is 0.353 e. The molecule has 1 N–H and O–H groups in total. The van der Waals surface area contributed by atoms with Crippen LogP contribution in [0.1, 0.15) is 55.3 Å². The first kappa shape index (κ1) is 16.5. The first-order chi connectivity index (χ1) is 12.1. The first-order valence-corrected chi connectivity index (χ1v) is 9.13. The molecule has 1 saturated heterocycles. The van der Waals surface area contributed by atoms with Gasteiger partial charge in [0.2, 0.25) is 5.91 Å². The number of halogens is 1. The van der Waals surface area contributed by atoms with Crippen molar-refractivity contribution >= 4 is 11.8 Å². The van der Waals surface area contributed by atoms with Crippen LogP contribution in [0.2, 0.25) is 0 Å². The first-order valence-electron chi connectivity index (χ1n) is 9.13. The van der Waals surface area contributed by atoms with Crippen LogP contribution in [-0.4, -0.2) is 41.1 Å². The van der Waals surface area contributed by atoms with Gasteiger partial charge in [0, 0.05) is 6.04 Å². The van der Waals surface area contributed by atoms with Crippen molar-refractivity contribution in [2.45, 2.75) is 62.8 Å². The molecule has 0 bridgehead atoms. The van der Waals surface area contributed by atoms with Crippen molar-refractivity contribution in [1.82, 2.24) is 10.2 Å². The van der Waals surface area contributed by atoms with Gasteiger partial charge in [0.15, 0.2) is 0 Å². The van der Waals surface area contributed by atoms with Crippen molar-refractivity contribution in [3.8, 4) is 0 Å². The number of hydrogen-bond acceptors (Lipinski definition) is 3. The Kier molecular flexibility index (Phi) is 4.23. The minimum absolute atomic E-state index is 0.00201. The molecule has 1 aromatic carbocycles. The van der Waals surface area contributed by atoms with Gasteiger partial charge >= 0.3 is 0 Å². The summed E-state index contributed by atoms with van der Waals surface area (Å²) < 4.78 is 20.2. The van der Waals surface area contributed by atoms with E-state index < -0.39 is 23.5 Å². The van der Waals surface area contributed by atoms with Crippen molar-refractivity contribution in [2.75, 3.05) is 6.61 Å². The number of nitrogens with one attached hydrogen (secondary N) is 1. The second kappa shape index (κ2) is 6.41. The summed E-state index contributed by atoms with van der Waals surface area (Å²) in [7, 11) is 0. The van der Waals surface area contributed by atoms with Crippen LogP contribution in [-0.2, 0) is 9.53 Å². The molecule has 1 aliphatic heterocycles. The normalized spacial score (nSPS) is 25.2. The molecule has 1 aromatic rings. The van der Waals surface area contributed by atoms with E-state index in [1.54, 1.807) is 12.1 Å². The van der Waals surface area contributed by atoms with Crippen molar-refractivity contribution in [2.24, 2.45) is 0 Å². The Morgan fingerprint density at radius 2 is 1.88 bits per heavy atom. The lowest BCUT2D eigenvalue weighted by molar-refractivity contribution is -0.127. The smallest absolute Gasteiger partial charge is 0.259 e. The lowest BCUT2D eigenvalue weighted by atomic mass is 9.89. The van der Waals surface area contributed by atoms with Crippen LogP contribution in [0.25, 0.3) is 0 Å². The van der Waals surface area contributed by atoms with Crippen LogP contribution in [0.4, 0.5) is 4.39 Å². The predicted octanol–water partition coefficient (Wildman–Crippen LogP) is 2.61. The number of nitrogens with zero attached hydrogens (tertiary/aromatic N) is 1. The fourth-order valence-corrected chi connectivity index (χ4v) is 3.96. The Hall–Kier alpha value is -1.95. The highest BCUT2D eigenvalue weighted by Crippen LogP contribution is 2.41. The van der Waals surface area contributed by atoms with Crippen LogP contribution in [0.5, 0.6) is 0 Å². The molecule has 1 heterocycles. The Morgan fingerprint density at radius 1 is 1.16 bits per heavy atom. The van der Waals surface area contributed by atoms with Gasteiger partial charge in [-0.1, -0.05) is 18.6 Å². The fraction of sp³-hybridized carbons (Fsp3) is 0.579. The molecule has 1 spiro atoms. The standard InChI is InChI=1S/C19H23FN2O3/c20-15-7-3-2-6-14(15)18(24)22-16(17(23)21-13-8-9-13)12-25-19(22)10-4-1-5-11-19/h2-3,6-7,13,16H,1,4-5,8-12H2,(H,21,23)/t16-/m1/s1. The molecule has 2 aliphatic carbocycles. The molecule has 0 aromatic heterocycles. The monoisotopic (exact) mass is 346 g/mol. The minimum Gasteiger partial charge on any atom is -0.353 e. The zero-order valence-corrected chi connectivity index (χ0v) is 14.2. The maximum Gasteiger partial charge on any atom is 0.259 e. The summed E-state index contributed by atoms with van der Waals surface area (Å²) in [6.07, 6.45) is 6.32. The van der Waals surface area contributed by atoms with E-state index in [2.05, 4.69) is 5.32 Å². The molecule has 3 aliphatic rings. The average Bonchev–Trinajstić information content (AvgIpc) is 3.36. The molecule has 6 heteroatoms. The van der Waals surface area contributed by atoms with Gasteiger partial charge in [-0.15, -0.1) is 0 Å². The lowest BCUT2D eigenvalue weighted by Gasteiger charge is -2.41. The number of rotatable bonds is 3.